The van der Waals surface area contributed by atoms with E-state index in [2.05, 4.69) is 36.5 Å². The summed E-state index contributed by atoms with van der Waals surface area (Å²) in [5.41, 5.74) is 2.62. The lowest BCUT2D eigenvalue weighted by atomic mass is 10.2. The molecule has 0 N–H and O–H groups in total. The lowest BCUT2D eigenvalue weighted by Gasteiger charge is -1.89. The van der Waals surface area contributed by atoms with Crippen molar-refractivity contribution in [3.8, 4) is 0 Å². The molecule has 0 saturated carbocycles. The van der Waals surface area contributed by atoms with Gasteiger partial charge in [0.25, 0.3) is 0 Å². The molecule has 0 radical (unpaired) electrons. The number of rotatable bonds is 0. The Labute approximate surface area is 72.6 Å². The van der Waals surface area contributed by atoms with Gasteiger partial charge in [-0.25, -0.2) is 0 Å². The highest BCUT2D eigenvalue weighted by atomic mass is 14.1. The molecule has 0 aromatic carbocycles. The Hall–Kier alpha value is -1.56. The SMILES string of the molecule is C1=CC1=C1\C=C/C=C\C=C/C=C\1. The molecule has 0 atom stereocenters. The van der Waals surface area contributed by atoms with Crippen molar-refractivity contribution in [2.24, 2.45) is 0 Å². The smallest absolute Gasteiger partial charge is 0.0184 e. The minimum atomic E-state index is 1.28. The molecule has 0 aromatic rings. The molecule has 0 spiro atoms. The first kappa shape index (κ1) is 7.11. The molecule has 58 valence electrons. The fourth-order valence-electron chi connectivity index (χ4n) is 1.06. The lowest BCUT2D eigenvalue weighted by Crippen LogP contribution is -1.69. The molecule has 0 aromatic heterocycles. The summed E-state index contributed by atoms with van der Waals surface area (Å²) in [4.78, 5) is 0. The molecule has 12 heavy (non-hydrogen) atoms. The van der Waals surface area contributed by atoms with E-state index in [0.29, 0.717) is 0 Å². The maximum absolute atomic E-state index is 2.12. The van der Waals surface area contributed by atoms with Gasteiger partial charge in [-0.1, -0.05) is 60.8 Å². The van der Waals surface area contributed by atoms with E-state index in [9.17, 15) is 0 Å². The maximum atomic E-state index is 2.12. The van der Waals surface area contributed by atoms with Gasteiger partial charge in [-0.2, -0.15) is 0 Å². The summed E-state index contributed by atoms with van der Waals surface area (Å²) in [5, 5.41) is 0. The van der Waals surface area contributed by atoms with Crippen molar-refractivity contribution in [2.45, 2.75) is 0 Å². The van der Waals surface area contributed by atoms with Crippen molar-refractivity contribution in [1.82, 2.24) is 0 Å². The van der Waals surface area contributed by atoms with Crippen LogP contribution in [0.1, 0.15) is 0 Å². The van der Waals surface area contributed by atoms with Gasteiger partial charge in [0.2, 0.25) is 0 Å². The zero-order valence-electron chi connectivity index (χ0n) is 6.77. The highest BCUT2D eigenvalue weighted by molar-refractivity contribution is 5.57. The van der Waals surface area contributed by atoms with E-state index in [1.54, 1.807) is 0 Å². The zero-order chi connectivity index (χ0) is 8.23. The monoisotopic (exact) mass is 154 g/mol. The van der Waals surface area contributed by atoms with Crippen LogP contribution in [0.25, 0.3) is 0 Å². The highest BCUT2D eigenvalue weighted by Crippen LogP contribution is 2.21. The fourth-order valence-corrected chi connectivity index (χ4v) is 1.06. The minimum Gasteiger partial charge on any atom is -0.0623 e. The quantitative estimate of drug-likeness (QED) is 0.503. The molecular formula is C12H10. The van der Waals surface area contributed by atoms with Gasteiger partial charge >= 0.3 is 0 Å². The Morgan fingerprint density at radius 2 is 0.833 bits per heavy atom. The Morgan fingerprint density at radius 1 is 0.417 bits per heavy atom. The van der Waals surface area contributed by atoms with Crippen molar-refractivity contribution < 1.29 is 0 Å². The molecule has 2 aliphatic carbocycles. The summed E-state index contributed by atoms with van der Waals surface area (Å²) >= 11 is 0. The standard InChI is InChI=1S/C12H10/c1-2-4-6-8-11(7-5-3-1)12-9-10-12/h1-10H/b3-1-,4-2-,7-5-,8-6-. The van der Waals surface area contributed by atoms with Crippen molar-refractivity contribution in [1.29, 1.82) is 0 Å². The minimum absolute atomic E-state index is 1.28. The van der Waals surface area contributed by atoms with Crippen LogP contribution in [0, 0.1) is 0 Å². The molecule has 2 rings (SSSR count). The molecule has 2 aliphatic rings. The molecule has 0 amide bonds. The second-order valence-corrected chi connectivity index (χ2v) is 2.73. The zero-order valence-corrected chi connectivity index (χ0v) is 6.77. The van der Waals surface area contributed by atoms with Crippen LogP contribution >= 0.6 is 0 Å². The second-order valence-electron chi connectivity index (χ2n) is 2.73. The van der Waals surface area contributed by atoms with Crippen LogP contribution in [0.3, 0.4) is 0 Å². The van der Waals surface area contributed by atoms with E-state index in [4.69, 9.17) is 0 Å². The van der Waals surface area contributed by atoms with Crippen LogP contribution in [0.4, 0.5) is 0 Å². The molecule has 0 fully saturated rings. The van der Waals surface area contributed by atoms with Crippen LogP contribution in [0.15, 0.2) is 71.9 Å². The first-order chi connectivity index (χ1) is 5.97. The van der Waals surface area contributed by atoms with Crippen LogP contribution in [-0.2, 0) is 0 Å². The molecule has 0 aliphatic heterocycles. The summed E-state index contributed by atoms with van der Waals surface area (Å²) < 4.78 is 0. The number of allylic oxidation sites excluding steroid dienone is 12. The first-order valence-electron chi connectivity index (χ1n) is 4.07. The highest BCUT2D eigenvalue weighted by Gasteiger charge is 2.02. The van der Waals surface area contributed by atoms with Gasteiger partial charge < -0.3 is 0 Å². The lowest BCUT2D eigenvalue weighted by molar-refractivity contribution is 1.67. The average Bonchev–Trinajstić information content (AvgIpc) is 2.87. The first-order valence-corrected chi connectivity index (χ1v) is 4.07. The van der Waals surface area contributed by atoms with Gasteiger partial charge in [-0.15, -0.1) is 0 Å². The van der Waals surface area contributed by atoms with Gasteiger partial charge in [0.15, 0.2) is 0 Å². The molecule has 0 heterocycles. The predicted octanol–water partition coefficient (Wildman–Crippen LogP) is 3.09. The Morgan fingerprint density at radius 3 is 1.33 bits per heavy atom. The summed E-state index contributed by atoms with van der Waals surface area (Å²) in [5.74, 6) is 0. The van der Waals surface area contributed by atoms with E-state index in [1.165, 1.54) is 11.1 Å². The Kier molecular flexibility index (Phi) is 1.91. The Bertz CT molecular complexity index is 312. The summed E-state index contributed by atoms with van der Waals surface area (Å²) in [6.07, 6.45) is 20.7. The van der Waals surface area contributed by atoms with Gasteiger partial charge in [0, 0.05) is 0 Å². The summed E-state index contributed by atoms with van der Waals surface area (Å²) in [6.45, 7) is 0. The van der Waals surface area contributed by atoms with Gasteiger partial charge in [-0.05, 0) is 11.1 Å². The fraction of sp³-hybridized carbons (Fsp3) is 0. The topological polar surface area (TPSA) is 0 Å². The van der Waals surface area contributed by atoms with Crippen LogP contribution in [0.5, 0.6) is 0 Å². The van der Waals surface area contributed by atoms with Crippen molar-refractivity contribution in [3.63, 3.8) is 0 Å². The second kappa shape index (κ2) is 3.22. The number of hydrogen-bond acceptors (Lipinski definition) is 0. The third kappa shape index (κ3) is 1.73. The summed E-state index contributed by atoms with van der Waals surface area (Å²) in [7, 11) is 0. The van der Waals surface area contributed by atoms with Gasteiger partial charge in [0.05, 0.1) is 0 Å². The molecule has 0 bridgehead atoms. The maximum Gasteiger partial charge on any atom is -0.0184 e. The van der Waals surface area contributed by atoms with E-state index >= 15 is 0 Å². The normalized spacial score (nSPS) is 30.0. The molecule has 0 heteroatoms. The van der Waals surface area contributed by atoms with E-state index in [0.717, 1.165) is 0 Å². The molecule has 0 saturated heterocycles. The van der Waals surface area contributed by atoms with E-state index in [-0.39, 0.29) is 0 Å². The van der Waals surface area contributed by atoms with Crippen LogP contribution < -0.4 is 0 Å². The average molecular weight is 154 g/mol. The molecule has 0 unspecified atom stereocenters. The third-order valence-corrected chi connectivity index (χ3v) is 1.77. The van der Waals surface area contributed by atoms with Crippen LogP contribution in [0.2, 0.25) is 0 Å². The number of hydrogen-bond donors (Lipinski definition) is 0. The molecular weight excluding hydrogens is 144 g/mol. The van der Waals surface area contributed by atoms with Gasteiger partial charge in [-0.3, -0.25) is 0 Å². The Balaban J connectivity index is 2.29. The third-order valence-electron chi connectivity index (χ3n) is 1.77. The van der Waals surface area contributed by atoms with Crippen molar-refractivity contribution in [2.75, 3.05) is 0 Å². The largest absolute Gasteiger partial charge is 0.0623 e. The van der Waals surface area contributed by atoms with Gasteiger partial charge in [0.1, 0.15) is 0 Å². The summed E-state index contributed by atoms with van der Waals surface area (Å²) in [6, 6.07) is 0. The van der Waals surface area contributed by atoms with E-state index in [1.807, 2.05) is 24.3 Å². The van der Waals surface area contributed by atoms with Crippen molar-refractivity contribution >= 4 is 0 Å². The van der Waals surface area contributed by atoms with Crippen LogP contribution in [-0.4, -0.2) is 0 Å². The predicted molar refractivity (Wildman–Crippen MR) is 52.7 cm³/mol. The van der Waals surface area contributed by atoms with E-state index < -0.39 is 0 Å². The molecule has 0 nitrogen and oxygen atoms in total. The van der Waals surface area contributed by atoms with Crippen molar-refractivity contribution in [3.05, 3.63) is 71.9 Å².